The summed E-state index contributed by atoms with van der Waals surface area (Å²) in [4.78, 5) is 12.5. The van der Waals surface area contributed by atoms with Crippen molar-refractivity contribution in [2.75, 3.05) is 0 Å². The number of fused-ring (bicyclic) bond motifs is 2. The van der Waals surface area contributed by atoms with E-state index in [2.05, 4.69) is 21.6 Å². The minimum Gasteiger partial charge on any atom is -0.311 e. The molecular weight excluding hydrogens is 288 g/mol. The van der Waals surface area contributed by atoms with Crippen molar-refractivity contribution >= 4 is 10.9 Å². The maximum absolute atomic E-state index is 12.5. The van der Waals surface area contributed by atoms with Gasteiger partial charge in [-0.25, -0.2) is 0 Å². The number of H-pyrrole nitrogens is 1. The number of hydrogen-bond acceptors (Lipinski definition) is 3. The fourth-order valence-corrected chi connectivity index (χ4v) is 3.46. The summed E-state index contributed by atoms with van der Waals surface area (Å²) >= 11 is 0. The Kier molecular flexibility index (Phi) is 3.50. The quantitative estimate of drug-likeness (QED) is 0.777. The lowest BCUT2D eigenvalue weighted by atomic mass is 9.93. The predicted molar refractivity (Wildman–Crippen MR) is 90.4 cm³/mol. The number of rotatable bonds is 3. The van der Waals surface area contributed by atoms with Gasteiger partial charge in [0.2, 0.25) is 0 Å². The largest absolute Gasteiger partial charge is 0.311 e. The van der Waals surface area contributed by atoms with Crippen LogP contribution in [-0.2, 0) is 26.4 Å². The van der Waals surface area contributed by atoms with E-state index in [9.17, 15) is 4.79 Å². The van der Waals surface area contributed by atoms with Gasteiger partial charge in [0.05, 0.1) is 11.7 Å². The number of pyridine rings is 1. The molecular formula is C18H20N4O. The van der Waals surface area contributed by atoms with Crippen molar-refractivity contribution in [3.63, 3.8) is 0 Å². The van der Waals surface area contributed by atoms with E-state index in [1.807, 2.05) is 37.5 Å². The van der Waals surface area contributed by atoms with Crippen molar-refractivity contribution in [2.45, 2.75) is 31.8 Å². The van der Waals surface area contributed by atoms with Crippen LogP contribution in [0.1, 0.15) is 23.2 Å². The Morgan fingerprint density at radius 2 is 2.26 bits per heavy atom. The summed E-state index contributed by atoms with van der Waals surface area (Å²) in [6.07, 6.45) is 4.98. The zero-order chi connectivity index (χ0) is 15.8. The fourth-order valence-electron chi connectivity index (χ4n) is 3.46. The van der Waals surface area contributed by atoms with Gasteiger partial charge in [0.15, 0.2) is 0 Å². The first-order chi connectivity index (χ1) is 11.2. The van der Waals surface area contributed by atoms with Crippen LogP contribution in [0.3, 0.4) is 0 Å². The average molecular weight is 308 g/mol. The zero-order valence-corrected chi connectivity index (χ0v) is 13.2. The van der Waals surface area contributed by atoms with Crippen molar-refractivity contribution in [3.05, 3.63) is 63.7 Å². The van der Waals surface area contributed by atoms with Crippen molar-refractivity contribution in [3.8, 4) is 0 Å². The molecule has 2 N–H and O–H groups in total. The Labute approximate surface area is 134 Å². The van der Waals surface area contributed by atoms with Gasteiger partial charge in [0, 0.05) is 30.9 Å². The SMILES string of the molecule is Cn1c(=O)c(CNC2CCc3[nH]ncc3C2)cc2ccccc21. The molecule has 0 radical (unpaired) electrons. The molecule has 1 unspecified atom stereocenters. The Balaban J connectivity index is 1.55. The second-order valence-corrected chi connectivity index (χ2v) is 6.29. The number of aryl methyl sites for hydroxylation is 2. The monoisotopic (exact) mass is 308 g/mol. The number of aromatic amines is 1. The first-order valence-corrected chi connectivity index (χ1v) is 8.04. The standard InChI is InChI=1S/C18H20N4O/c1-22-17-5-3-2-4-12(17)8-14(18(22)23)10-19-15-6-7-16-13(9-15)11-20-21-16/h2-5,8,11,15,19H,6-7,9-10H2,1H3,(H,20,21). The molecule has 1 aromatic carbocycles. The van der Waals surface area contributed by atoms with Gasteiger partial charge >= 0.3 is 0 Å². The molecule has 1 aliphatic carbocycles. The molecule has 5 nitrogen and oxygen atoms in total. The first kappa shape index (κ1) is 14.2. The van der Waals surface area contributed by atoms with Crippen molar-refractivity contribution in [2.24, 2.45) is 7.05 Å². The van der Waals surface area contributed by atoms with Gasteiger partial charge in [0.1, 0.15) is 0 Å². The van der Waals surface area contributed by atoms with E-state index in [1.165, 1.54) is 11.3 Å². The molecule has 2 aromatic heterocycles. The van der Waals surface area contributed by atoms with E-state index in [4.69, 9.17) is 0 Å². The highest BCUT2D eigenvalue weighted by molar-refractivity contribution is 5.79. The van der Waals surface area contributed by atoms with Crippen LogP contribution in [0.2, 0.25) is 0 Å². The van der Waals surface area contributed by atoms with Gasteiger partial charge < -0.3 is 9.88 Å². The zero-order valence-electron chi connectivity index (χ0n) is 13.2. The highest BCUT2D eigenvalue weighted by atomic mass is 16.1. The second kappa shape index (κ2) is 5.66. The van der Waals surface area contributed by atoms with Crippen LogP contribution in [-0.4, -0.2) is 20.8 Å². The fraction of sp³-hybridized carbons (Fsp3) is 0.333. The average Bonchev–Trinajstić information content (AvgIpc) is 3.04. The van der Waals surface area contributed by atoms with E-state index in [0.717, 1.165) is 35.7 Å². The Bertz CT molecular complexity index is 909. The molecule has 0 bridgehead atoms. The summed E-state index contributed by atoms with van der Waals surface area (Å²) in [5.41, 5.74) is 4.42. The number of aromatic nitrogens is 3. The third kappa shape index (κ3) is 2.57. The normalized spacial score (nSPS) is 17.3. The van der Waals surface area contributed by atoms with Gasteiger partial charge in [-0.1, -0.05) is 18.2 Å². The molecule has 1 aliphatic rings. The molecule has 0 aliphatic heterocycles. The van der Waals surface area contributed by atoms with Gasteiger partial charge in [0.25, 0.3) is 5.56 Å². The molecule has 0 saturated carbocycles. The van der Waals surface area contributed by atoms with Gasteiger partial charge in [-0.3, -0.25) is 9.89 Å². The van der Waals surface area contributed by atoms with E-state index in [1.54, 1.807) is 4.57 Å². The van der Waals surface area contributed by atoms with Gasteiger partial charge in [-0.05, 0) is 42.3 Å². The van der Waals surface area contributed by atoms with E-state index >= 15 is 0 Å². The van der Waals surface area contributed by atoms with Crippen molar-refractivity contribution in [1.82, 2.24) is 20.1 Å². The molecule has 5 heteroatoms. The lowest BCUT2D eigenvalue weighted by Gasteiger charge is -2.23. The maximum Gasteiger partial charge on any atom is 0.255 e. The number of para-hydroxylation sites is 1. The number of benzene rings is 1. The van der Waals surface area contributed by atoms with Crippen LogP contribution in [0.15, 0.2) is 41.3 Å². The lowest BCUT2D eigenvalue weighted by Crippen LogP contribution is -2.36. The first-order valence-electron chi connectivity index (χ1n) is 8.04. The summed E-state index contributed by atoms with van der Waals surface area (Å²) in [6.45, 7) is 0.607. The Morgan fingerprint density at radius 1 is 1.39 bits per heavy atom. The minimum atomic E-state index is 0.0796. The van der Waals surface area contributed by atoms with Crippen LogP contribution in [0, 0.1) is 0 Å². The molecule has 3 aromatic rings. The minimum absolute atomic E-state index is 0.0796. The molecule has 23 heavy (non-hydrogen) atoms. The molecule has 0 amide bonds. The topological polar surface area (TPSA) is 62.7 Å². The maximum atomic E-state index is 12.5. The van der Waals surface area contributed by atoms with Gasteiger partial charge in [-0.2, -0.15) is 5.10 Å². The van der Waals surface area contributed by atoms with Crippen LogP contribution in [0.5, 0.6) is 0 Å². The molecule has 2 heterocycles. The Morgan fingerprint density at radius 3 is 3.17 bits per heavy atom. The highest BCUT2D eigenvalue weighted by Gasteiger charge is 2.20. The van der Waals surface area contributed by atoms with Gasteiger partial charge in [-0.15, -0.1) is 0 Å². The van der Waals surface area contributed by atoms with E-state index < -0.39 is 0 Å². The van der Waals surface area contributed by atoms with Crippen molar-refractivity contribution < 1.29 is 0 Å². The molecule has 0 fully saturated rings. The predicted octanol–water partition coefficient (Wildman–Crippen LogP) is 1.91. The lowest BCUT2D eigenvalue weighted by molar-refractivity contribution is 0.454. The number of nitrogens with zero attached hydrogens (tertiary/aromatic N) is 2. The summed E-state index contributed by atoms with van der Waals surface area (Å²) in [7, 11) is 1.84. The molecule has 0 spiro atoms. The highest BCUT2D eigenvalue weighted by Crippen LogP contribution is 2.19. The second-order valence-electron chi connectivity index (χ2n) is 6.29. The molecule has 118 valence electrons. The van der Waals surface area contributed by atoms with Crippen molar-refractivity contribution in [1.29, 1.82) is 0 Å². The van der Waals surface area contributed by atoms with E-state index in [0.29, 0.717) is 12.6 Å². The molecule has 1 atom stereocenters. The summed E-state index contributed by atoms with van der Waals surface area (Å²) < 4.78 is 1.74. The summed E-state index contributed by atoms with van der Waals surface area (Å²) in [6, 6.07) is 10.4. The molecule has 0 saturated heterocycles. The van der Waals surface area contributed by atoms with Crippen LogP contribution < -0.4 is 10.9 Å². The van der Waals surface area contributed by atoms with Crippen LogP contribution in [0.4, 0.5) is 0 Å². The van der Waals surface area contributed by atoms with E-state index in [-0.39, 0.29) is 5.56 Å². The smallest absolute Gasteiger partial charge is 0.255 e. The Hall–Kier alpha value is -2.40. The number of nitrogens with one attached hydrogen (secondary N) is 2. The summed E-state index contributed by atoms with van der Waals surface area (Å²) in [5, 5.41) is 11.8. The third-order valence-electron chi connectivity index (χ3n) is 4.80. The summed E-state index contributed by atoms with van der Waals surface area (Å²) in [5.74, 6) is 0. The molecule has 4 rings (SSSR count). The number of hydrogen-bond donors (Lipinski definition) is 2. The van der Waals surface area contributed by atoms with Crippen LogP contribution >= 0.6 is 0 Å². The van der Waals surface area contributed by atoms with Crippen LogP contribution in [0.25, 0.3) is 10.9 Å². The third-order valence-corrected chi connectivity index (χ3v) is 4.80.